The van der Waals surface area contributed by atoms with Crippen LogP contribution in [-0.2, 0) is 16.1 Å². The maximum atomic E-state index is 12.6. The molecule has 1 aliphatic heterocycles. The van der Waals surface area contributed by atoms with Crippen LogP contribution in [0.2, 0.25) is 0 Å². The number of carbonyl (C=O) groups is 2. The monoisotopic (exact) mass is 421 g/mol. The van der Waals surface area contributed by atoms with Gasteiger partial charge in [0.1, 0.15) is 0 Å². The lowest BCUT2D eigenvalue weighted by Gasteiger charge is -2.21. The molecule has 8 heteroatoms. The molecule has 1 aromatic heterocycles. The number of rotatable bonds is 6. The largest absolute Gasteiger partial charge is 0.454 e. The van der Waals surface area contributed by atoms with E-state index in [9.17, 15) is 9.59 Å². The lowest BCUT2D eigenvalue weighted by molar-refractivity contribution is -0.134. The van der Waals surface area contributed by atoms with Crippen molar-refractivity contribution in [3.63, 3.8) is 0 Å². The molecule has 0 atom stereocenters. The predicted octanol–water partition coefficient (Wildman–Crippen LogP) is 3.18. The molecule has 1 amide bonds. The van der Waals surface area contributed by atoms with Crippen molar-refractivity contribution < 1.29 is 23.8 Å². The summed E-state index contributed by atoms with van der Waals surface area (Å²) < 4.78 is 16.0. The molecule has 160 valence electrons. The maximum absolute atomic E-state index is 12.6. The average Bonchev–Trinajstić information content (AvgIpc) is 3.24. The fourth-order valence-electron chi connectivity index (χ4n) is 3.30. The van der Waals surface area contributed by atoms with E-state index in [1.54, 1.807) is 23.1 Å². The SMILES string of the molecule is CCN(Cc1ccc2c(c1)OCO2)C(=O)COC(=O)c1ccc2nc(C)c(C)nc2c1. The van der Waals surface area contributed by atoms with Gasteiger partial charge in [0.15, 0.2) is 18.1 Å². The lowest BCUT2D eigenvalue weighted by atomic mass is 10.2. The first-order valence-corrected chi connectivity index (χ1v) is 10.0. The van der Waals surface area contributed by atoms with Crippen LogP contribution in [0.25, 0.3) is 11.0 Å². The normalized spacial score (nSPS) is 12.1. The van der Waals surface area contributed by atoms with Crippen molar-refractivity contribution in [2.24, 2.45) is 0 Å². The number of aromatic nitrogens is 2. The fraction of sp³-hybridized carbons (Fsp3) is 0.304. The van der Waals surface area contributed by atoms with Gasteiger partial charge in [-0.1, -0.05) is 6.07 Å². The van der Waals surface area contributed by atoms with Crippen LogP contribution < -0.4 is 9.47 Å². The molecule has 8 nitrogen and oxygen atoms in total. The van der Waals surface area contributed by atoms with Gasteiger partial charge in [-0.3, -0.25) is 4.79 Å². The molecular weight excluding hydrogens is 398 g/mol. The molecule has 2 heterocycles. The highest BCUT2D eigenvalue weighted by molar-refractivity contribution is 5.94. The third kappa shape index (κ3) is 4.42. The van der Waals surface area contributed by atoms with Crippen molar-refractivity contribution in [3.05, 3.63) is 58.9 Å². The quantitative estimate of drug-likeness (QED) is 0.565. The highest BCUT2D eigenvalue weighted by atomic mass is 16.7. The average molecular weight is 421 g/mol. The Morgan fingerprint density at radius 2 is 1.74 bits per heavy atom. The number of nitrogens with zero attached hydrogens (tertiary/aromatic N) is 3. The molecule has 0 radical (unpaired) electrons. The number of esters is 1. The summed E-state index contributed by atoms with van der Waals surface area (Å²) in [6.07, 6.45) is 0. The van der Waals surface area contributed by atoms with Gasteiger partial charge in [-0.15, -0.1) is 0 Å². The van der Waals surface area contributed by atoms with Crippen LogP contribution in [0.5, 0.6) is 11.5 Å². The number of likely N-dealkylation sites (N-methyl/N-ethyl adjacent to an activating group) is 1. The smallest absolute Gasteiger partial charge is 0.338 e. The molecule has 4 rings (SSSR count). The number of hydrogen-bond donors (Lipinski definition) is 0. The highest BCUT2D eigenvalue weighted by Crippen LogP contribution is 2.32. The minimum absolute atomic E-state index is 0.199. The number of fused-ring (bicyclic) bond motifs is 2. The lowest BCUT2D eigenvalue weighted by Crippen LogP contribution is -2.34. The zero-order valence-corrected chi connectivity index (χ0v) is 17.7. The number of carbonyl (C=O) groups excluding carboxylic acids is 2. The summed E-state index contributed by atoms with van der Waals surface area (Å²) in [5.74, 6) is 0.504. The van der Waals surface area contributed by atoms with Crippen LogP contribution in [0, 0.1) is 13.8 Å². The first kappa shape index (κ1) is 20.6. The minimum Gasteiger partial charge on any atom is -0.454 e. The molecule has 2 aromatic carbocycles. The zero-order chi connectivity index (χ0) is 22.0. The second kappa shape index (κ2) is 8.59. The Hall–Kier alpha value is -3.68. The Morgan fingerprint density at radius 1 is 1.00 bits per heavy atom. The standard InChI is InChI=1S/C23H23N3O5/c1-4-26(11-16-5-8-20-21(9-16)31-13-30-20)22(27)12-29-23(28)17-6-7-18-19(10-17)25-15(3)14(2)24-18/h5-10H,4,11-13H2,1-3H3. The first-order chi connectivity index (χ1) is 14.9. The molecule has 0 bridgehead atoms. The van der Waals surface area contributed by atoms with E-state index in [0.29, 0.717) is 41.2 Å². The van der Waals surface area contributed by atoms with E-state index >= 15 is 0 Å². The van der Waals surface area contributed by atoms with E-state index in [4.69, 9.17) is 14.2 Å². The van der Waals surface area contributed by atoms with Crippen LogP contribution in [0.3, 0.4) is 0 Å². The summed E-state index contributed by atoms with van der Waals surface area (Å²) >= 11 is 0. The summed E-state index contributed by atoms with van der Waals surface area (Å²) in [6.45, 7) is 6.35. The van der Waals surface area contributed by atoms with Crippen molar-refractivity contribution in [1.82, 2.24) is 14.9 Å². The Balaban J connectivity index is 1.39. The van der Waals surface area contributed by atoms with Gasteiger partial charge in [0.05, 0.1) is 28.0 Å². The number of ether oxygens (including phenoxy) is 3. The molecule has 0 saturated heterocycles. The molecule has 31 heavy (non-hydrogen) atoms. The number of hydrogen-bond acceptors (Lipinski definition) is 7. The molecule has 1 aliphatic rings. The van der Waals surface area contributed by atoms with Gasteiger partial charge >= 0.3 is 5.97 Å². The van der Waals surface area contributed by atoms with E-state index < -0.39 is 5.97 Å². The van der Waals surface area contributed by atoms with Gasteiger partial charge in [0.2, 0.25) is 6.79 Å². The topological polar surface area (TPSA) is 90.8 Å². The minimum atomic E-state index is -0.575. The maximum Gasteiger partial charge on any atom is 0.338 e. The molecular formula is C23H23N3O5. The summed E-state index contributed by atoms with van der Waals surface area (Å²) in [5.41, 5.74) is 4.20. The van der Waals surface area contributed by atoms with Gasteiger partial charge < -0.3 is 19.1 Å². The fourth-order valence-corrected chi connectivity index (χ4v) is 3.30. The van der Waals surface area contributed by atoms with E-state index in [1.807, 2.05) is 39.0 Å². The van der Waals surface area contributed by atoms with E-state index in [1.165, 1.54) is 0 Å². The Labute approximate surface area is 179 Å². The van der Waals surface area contributed by atoms with Gasteiger partial charge in [0, 0.05) is 13.1 Å². The Bertz CT molecular complexity index is 1160. The van der Waals surface area contributed by atoms with Gasteiger partial charge in [0.25, 0.3) is 5.91 Å². The zero-order valence-electron chi connectivity index (χ0n) is 17.7. The summed E-state index contributed by atoms with van der Waals surface area (Å²) in [7, 11) is 0. The van der Waals surface area contributed by atoms with Gasteiger partial charge in [-0.05, 0) is 56.7 Å². The number of amides is 1. The summed E-state index contributed by atoms with van der Waals surface area (Å²) in [4.78, 5) is 35.6. The van der Waals surface area contributed by atoms with Crippen LogP contribution in [0.4, 0.5) is 0 Å². The molecule has 3 aromatic rings. The Kier molecular flexibility index (Phi) is 5.70. The Morgan fingerprint density at radius 3 is 2.52 bits per heavy atom. The molecule has 0 unspecified atom stereocenters. The second-order valence-corrected chi connectivity index (χ2v) is 7.27. The number of benzene rings is 2. The first-order valence-electron chi connectivity index (χ1n) is 10.0. The van der Waals surface area contributed by atoms with Crippen molar-refractivity contribution in [2.45, 2.75) is 27.3 Å². The van der Waals surface area contributed by atoms with Crippen LogP contribution in [0.15, 0.2) is 36.4 Å². The van der Waals surface area contributed by atoms with Crippen molar-refractivity contribution in [2.75, 3.05) is 19.9 Å². The third-order valence-electron chi connectivity index (χ3n) is 5.18. The summed E-state index contributed by atoms with van der Waals surface area (Å²) in [6, 6.07) is 10.5. The van der Waals surface area contributed by atoms with Crippen LogP contribution in [0.1, 0.15) is 34.2 Å². The van der Waals surface area contributed by atoms with Gasteiger partial charge in [-0.25, -0.2) is 14.8 Å². The van der Waals surface area contributed by atoms with Crippen molar-refractivity contribution >= 4 is 22.9 Å². The van der Waals surface area contributed by atoms with Crippen LogP contribution in [-0.4, -0.2) is 46.7 Å². The molecule has 0 aliphatic carbocycles. The summed E-state index contributed by atoms with van der Waals surface area (Å²) in [5, 5.41) is 0. The highest BCUT2D eigenvalue weighted by Gasteiger charge is 2.18. The molecule has 0 fully saturated rings. The van der Waals surface area contributed by atoms with Crippen molar-refractivity contribution in [1.29, 1.82) is 0 Å². The van der Waals surface area contributed by atoms with Gasteiger partial charge in [-0.2, -0.15) is 0 Å². The molecule has 0 spiro atoms. The number of aryl methyl sites for hydroxylation is 2. The van der Waals surface area contributed by atoms with E-state index in [-0.39, 0.29) is 19.3 Å². The van der Waals surface area contributed by atoms with Crippen LogP contribution >= 0.6 is 0 Å². The predicted molar refractivity (Wildman–Crippen MR) is 113 cm³/mol. The molecule has 0 saturated carbocycles. The second-order valence-electron chi connectivity index (χ2n) is 7.27. The van der Waals surface area contributed by atoms with E-state index in [2.05, 4.69) is 9.97 Å². The molecule has 0 N–H and O–H groups in total. The third-order valence-corrected chi connectivity index (χ3v) is 5.18. The van der Waals surface area contributed by atoms with Crippen molar-refractivity contribution in [3.8, 4) is 11.5 Å². The van der Waals surface area contributed by atoms with E-state index in [0.717, 1.165) is 17.0 Å².